The summed E-state index contributed by atoms with van der Waals surface area (Å²) in [5.74, 6) is -0.0612. The molecule has 2 amide bonds. The number of nitrogens with one attached hydrogen (secondary N) is 1. The number of benzene rings is 3. The summed E-state index contributed by atoms with van der Waals surface area (Å²) in [6, 6.07) is 26.1. The van der Waals surface area contributed by atoms with Crippen LogP contribution in [-0.2, 0) is 15.9 Å². The topological polar surface area (TPSA) is 67.9 Å². The van der Waals surface area contributed by atoms with Crippen molar-refractivity contribution in [3.63, 3.8) is 0 Å². The molecule has 4 rings (SSSR count). The Hall–Kier alpha value is -3.80. The Morgan fingerprint density at radius 1 is 0.853 bits per heavy atom. The van der Waals surface area contributed by atoms with Gasteiger partial charge in [-0.2, -0.15) is 0 Å². The first-order chi connectivity index (χ1) is 16.3. The molecule has 176 valence electrons. The highest BCUT2D eigenvalue weighted by molar-refractivity contribution is 5.79. The summed E-state index contributed by atoms with van der Waals surface area (Å²) in [6.45, 7) is 5.74. The zero-order valence-electron chi connectivity index (χ0n) is 19.8. The summed E-state index contributed by atoms with van der Waals surface area (Å²) in [4.78, 5) is 25.5. The monoisotopic (exact) mass is 458 g/mol. The zero-order chi connectivity index (χ0) is 24.1. The Balaban J connectivity index is 1.47. The summed E-state index contributed by atoms with van der Waals surface area (Å²) in [5, 5.41) is 1.19. The average Bonchev–Trinajstić information content (AvgIpc) is 3.13. The molecule has 3 aromatic carbocycles. The molecule has 0 spiro atoms. The minimum absolute atomic E-state index is 0.0612. The third-order valence-electron chi connectivity index (χ3n) is 5.65. The Morgan fingerprint density at radius 2 is 1.41 bits per heavy atom. The van der Waals surface area contributed by atoms with Crippen molar-refractivity contribution in [3.8, 4) is 11.1 Å². The van der Waals surface area contributed by atoms with Crippen LogP contribution >= 0.6 is 0 Å². The molecule has 0 radical (unpaired) electrons. The molecule has 34 heavy (non-hydrogen) atoms. The van der Waals surface area contributed by atoms with Crippen LogP contribution in [0.3, 0.4) is 0 Å². The summed E-state index contributed by atoms with van der Waals surface area (Å²) >= 11 is 0. The maximum atomic E-state index is 13.1. The van der Waals surface area contributed by atoms with Crippen molar-refractivity contribution in [3.05, 3.63) is 95.6 Å². The molecule has 0 atom stereocenters. The molecule has 0 saturated carbocycles. The van der Waals surface area contributed by atoms with E-state index in [9.17, 15) is 9.59 Å². The maximum absolute atomic E-state index is 13.1. The van der Waals surface area contributed by atoms with Gasteiger partial charge >= 0.3 is 12.2 Å². The highest BCUT2D eigenvalue weighted by Crippen LogP contribution is 2.44. The van der Waals surface area contributed by atoms with Gasteiger partial charge in [-0.25, -0.2) is 20.0 Å². The minimum Gasteiger partial charge on any atom is -0.447 e. The quantitative estimate of drug-likeness (QED) is 0.482. The summed E-state index contributed by atoms with van der Waals surface area (Å²) in [6.07, 6.45) is -0.765. The first-order valence-electron chi connectivity index (χ1n) is 11.5. The molecule has 0 fully saturated rings. The lowest BCUT2D eigenvalue weighted by Crippen LogP contribution is -2.49. The van der Waals surface area contributed by atoms with E-state index in [2.05, 4.69) is 29.7 Å². The van der Waals surface area contributed by atoms with Gasteiger partial charge in [0, 0.05) is 5.92 Å². The van der Waals surface area contributed by atoms with Crippen molar-refractivity contribution in [1.82, 2.24) is 10.4 Å². The van der Waals surface area contributed by atoms with Crippen LogP contribution in [0.1, 0.15) is 43.4 Å². The van der Waals surface area contributed by atoms with Crippen molar-refractivity contribution in [2.45, 2.75) is 38.7 Å². The van der Waals surface area contributed by atoms with Gasteiger partial charge in [-0.05, 0) is 55.0 Å². The van der Waals surface area contributed by atoms with Crippen LogP contribution < -0.4 is 5.43 Å². The van der Waals surface area contributed by atoms with Gasteiger partial charge < -0.3 is 9.47 Å². The van der Waals surface area contributed by atoms with E-state index in [0.29, 0.717) is 6.42 Å². The van der Waals surface area contributed by atoms with Crippen LogP contribution in [0.15, 0.2) is 78.9 Å². The number of fused-ring (bicyclic) bond motifs is 3. The van der Waals surface area contributed by atoms with Gasteiger partial charge in [-0.3, -0.25) is 0 Å². The number of hydrazine groups is 1. The summed E-state index contributed by atoms with van der Waals surface area (Å²) in [7, 11) is 0. The number of hydrogen-bond acceptors (Lipinski definition) is 4. The molecular weight excluding hydrogens is 428 g/mol. The zero-order valence-corrected chi connectivity index (χ0v) is 19.8. The molecular formula is C28H30N2O4. The smallest absolute Gasteiger partial charge is 0.428 e. The van der Waals surface area contributed by atoms with Crippen molar-refractivity contribution < 1.29 is 19.1 Å². The lowest BCUT2D eigenvalue weighted by Gasteiger charge is -2.26. The molecule has 0 aliphatic heterocycles. The fourth-order valence-electron chi connectivity index (χ4n) is 4.16. The Labute approximate surface area is 200 Å². The first kappa shape index (κ1) is 23.4. The van der Waals surface area contributed by atoms with E-state index in [1.165, 1.54) is 5.01 Å². The van der Waals surface area contributed by atoms with Crippen LogP contribution in [0.4, 0.5) is 9.59 Å². The number of carbonyl (C=O) groups is 2. The molecule has 0 bridgehead atoms. The third-order valence-corrected chi connectivity index (χ3v) is 5.65. The molecule has 0 unspecified atom stereocenters. The normalized spacial score (nSPS) is 12.4. The molecule has 0 aromatic heterocycles. The lowest BCUT2D eigenvalue weighted by atomic mass is 9.98. The fraction of sp³-hybridized carbons (Fsp3) is 0.286. The van der Waals surface area contributed by atoms with E-state index >= 15 is 0 Å². The van der Waals surface area contributed by atoms with Crippen molar-refractivity contribution in [2.75, 3.05) is 13.2 Å². The standard InChI is InChI=1S/C28H30N2O4/c1-28(2,3)34-26(31)29-30(18-17-20-11-5-4-6-12-20)27(32)33-19-25-23-15-9-7-13-21(23)22-14-8-10-16-24(22)25/h4-16,25H,17-19H2,1-3H3,(H,29,31). The van der Waals surface area contributed by atoms with Crippen molar-refractivity contribution >= 4 is 12.2 Å². The Bertz CT molecular complexity index is 1110. The van der Waals surface area contributed by atoms with E-state index < -0.39 is 17.8 Å². The second-order valence-corrected chi connectivity index (χ2v) is 9.30. The van der Waals surface area contributed by atoms with Crippen LogP contribution in [0, 0.1) is 0 Å². The van der Waals surface area contributed by atoms with E-state index in [-0.39, 0.29) is 19.1 Å². The maximum Gasteiger partial charge on any atom is 0.428 e. The number of rotatable bonds is 5. The second-order valence-electron chi connectivity index (χ2n) is 9.30. The number of carbonyl (C=O) groups excluding carboxylic acids is 2. The largest absolute Gasteiger partial charge is 0.447 e. The van der Waals surface area contributed by atoms with Crippen molar-refractivity contribution in [2.24, 2.45) is 0 Å². The van der Waals surface area contributed by atoms with Crippen LogP contribution in [0.5, 0.6) is 0 Å². The van der Waals surface area contributed by atoms with Crippen LogP contribution in [-0.4, -0.2) is 35.9 Å². The van der Waals surface area contributed by atoms with Crippen LogP contribution in [0.25, 0.3) is 11.1 Å². The molecule has 0 heterocycles. The Kier molecular flexibility index (Phi) is 6.87. The van der Waals surface area contributed by atoms with Crippen LogP contribution in [0.2, 0.25) is 0 Å². The highest BCUT2D eigenvalue weighted by atomic mass is 16.6. The van der Waals surface area contributed by atoms with Gasteiger partial charge in [0.1, 0.15) is 12.2 Å². The van der Waals surface area contributed by atoms with Crippen molar-refractivity contribution in [1.29, 1.82) is 0 Å². The van der Waals surface area contributed by atoms with E-state index in [0.717, 1.165) is 27.8 Å². The average molecular weight is 459 g/mol. The number of amides is 2. The number of hydrogen-bond donors (Lipinski definition) is 1. The predicted molar refractivity (Wildman–Crippen MR) is 131 cm³/mol. The fourth-order valence-corrected chi connectivity index (χ4v) is 4.16. The Morgan fingerprint density at radius 3 is 2.00 bits per heavy atom. The summed E-state index contributed by atoms with van der Waals surface area (Å²) in [5.41, 5.74) is 7.50. The third kappa shape index (κ3) is 5.57. The van der Waals surface area contributed by atoms with E-state index in [4.69, 9.17) is 9.47 Å². The molecule has 6 heteroatoms. The minimum atomic E-state index is -0.700. The van der Waals surface area contributed by atoms with Gasteiger partial charge in [0.05, 0.1) is 6.54 Å². The van der Waals surface area contributed by atoms with Gasteiger partial charge in [0.15, 0.2) is 0 Å². The number of nitrogens with zero attached hydrogens (tertiary/aromatic N) is 1. The lowest BCUT2D eigenvalue weighted by molar-refractivity contribution is 0.0278. The molecule has 1 N–H and O–H groups in total. The molecule has 1 aliphatic carbocycles. The highest BCUT2D eigenvalue weighted by Gasteiger charge is 2.30. The van der Waals surface area contributed by atoms with Gasteiger partial charge in [0.25, 0.3) is 0 Å². The first-order valence-corrected chi connectivity index (χ1v) is 11.5. The number of ether oxygens (including phenoxy) is 2. The molecule has 6 nitrogen and oxygen atoms in total. The van der Waals surface area contributed by atoms with Gasteiger partial charge in [-0.1, -0.05) is 78.9 Å². The van der Waals surface area contributed by atoms with E-state index in [1.54, 1.807) is 20.8 Å². The SMILES string of the molecule is CC(C)(C)OC(=O)NN(CCc1ccccc1)C(=O)OCC1c2ccccc2-c2ccccc21. The molecule has 1 aliphatic rings. The molecule has 0 saturated heterocycles. The van der Waals surface area contributed by atoms with E-state index in [1.807, 2.05) is 54.6 Å². The summed E-state index contributed by atoms with van der Waals surface area (Å²) < 4.78 is 11.1. The predicted octanol–water partition coefficient (Wildman–Crippen LogP) is 5.92. The van der Waals surface area contributed by atoms with Gasteiger partial charge in [0.2, 0.25) is 0 Å². The second kappa shape index (κ2) is 10.00. The van der Waals surface area contributed by atoms with Gasteiger partial charge in [-0.15, -0.1) is 0 Å². The molecule has 3 aromatic rings.